The van der Waals surface area contributed by atoms with Crippen molar-refractivity contribution < 1.29 is 9.13 Å². The summed E-state index contributed by atoms with van der Waals surface area (Å²) in [6.07, 6.45) is 6.60. The third-order valence-corrected chi connectivity index (χ3v) is 3.91. The first-order chi connectivity index (χ1) is 10.2. The number of aryl methyl sites for hydroxylation is 1. The number of halogens is 1. The Morgan fingerprint density at radius 3 is 3.19 bits per heavy atom. The van der Waals surface area contributed by atoms with Gasteiger partial charge >= 0.3 is 0 Å². The van der Waals surface area contributed by atoms with Gasteiger partial charge in [-0.1, -0.05) is 6.07 Å². The zero-order chi connectivity index (χ0) is 14.7. The monoisotopic (exact) mass is 289 g/mol. The van der Waals surface area contributed by atoms with Crippen molar-refractivity contribution in [2.24, 2.45) is 7.05 Å². The van der Waals surface area contributed by atoms with Crippen LogP contribution < -0.4 is 10.1 Å². The molecule has 4 nitrogen and oxygen atoms in total. The molecule has 0 amide bonds. The lowest BCUT2D eigenvalue weighted by Crippen LogP contribution is -2.24. The maximum absolute atomic E-state index is 13.3. The van der Waals surface area contributed by atoms with E-state index >= 15 is 0 Å². The van der Waals surface area contributed by atoms with Crippen LogP contribution in [-0.4, -0.2) is 22.7 Å². The van der Waals surface area contributed by atoms with E-state index in [4.69, 9.17) is 4.74 Å². The summed E-state index contributed by atoms with van der Waals surface area (Å²) in [5, 5.41) is 3.55. The minimum atomic E-state index is -0.248. The van der Waals surface area contributed by atoms with Gasteiger partial charge in [0.1, 0.15) is 17.4 Å². The summed E-state index contributed by atoms with van der Waals surface area (Å²) >= 11 is 0. The lowest BCUT2D eigenvalue weighted by Gasteiger charge is -2.18. The minimum Gasteiger partial charge on any atom is -0.493 e. The van der Waals surface area contributed by atoms with Crippen LogP contribution in [0.1, 0.15) is 30.3 Å². The van der Waals surface area contributed by atoms with E-state index in [9.17, 15) is 4.39 Å². The van der Waals surface area contributed by atoms with Gasteiger partial charge in [-0.05, 0) is 18.9 Å². The summed E-state index contributed by atoms with van der Waals surface area (Å²) in [5.41, 5.74) is 1.05. The summed E-state index contributed by atoms with van der Waals surface area (Å²) in [6, 6.07) is 5.02. The highest BCUT2D eigenvalue weighted by atomic mass is 19.1. The summed E-state index contributed by atoms with van der Waals surface area (Å²) in [4.78, 5) is 4.32. The predicted octanol–water partition coefficient (Wildman–Crippen LogP) is 2.61. The van der Waals surface area contributed by atoms with Crippen LogP contribution in [0.3, 0.4) is 0 Å². The highest BCUT2D eigenvalue weighted by molar-refractivity contribution is 5.37. The second-order valence-corrected chi connectivity index (χ2v) is 5.38. The molecule has 0 fully saturated rings. The van der Waals surface area contributed by atoms with Gasteiger partial charge in [0.15, 0.2) is 0 Å². The first kappa shape index (κ1) is 14.1. The van der Waals surface area contributed by atoms with Crippen molar-refractivity contribution in [3.05, 3.63) is 47.8 Å². The summed E-state index contributed by atoms with van der Waals surface area (Å²) < 4.78 is 21.0. The third-order valence-electron chi connectivity index (χ3n) is 3.91. The Morgan fingerprint density at radius 1 is 1.48 bits per heavy atom. The molecule has 0 bridgehead atoms. The van der Waals surface area contributed by atoms with Crippen molar-refractivity contribution >= 4 is 0 Å². The molecule has 112 valence electrons. The van der Waals surface area contributed by atoms with Crippen molar-refractivity contribution in [2.45, 2.75) is 25.3 Å². The maximum atomic E-state index is 13.3. The van der Waals surface area contributed by atoms with Crippen molar-refractivity contribution in [3.63, 3.8) is 0 Å². The Kier molecular flexibility index (Phi) is 4.20. The zero-order valence-electron chi connectivity index (χ0n) is 12.2. The van der Waals surface area contributed by atoms with Gasteiger partial charge < -0.3 is 14.6 Å². The molecule has 0 aliphatic carbocycles. The second kappa shape index (κ2) is 6.26. The van der Waals surface area contributed by atoms with Crippen LogP contribution in [0, 0.1) is 5.82 Å². The summed E-state index contributed by atoms with van der Waals surface area (Å²) in [7, 11) is 2.00. The Morgan fingerprint density at radius 2 is 2.38 bits per heavy atom. The van der Waals surface area contributed by atoms with E-state index in [1.807, 2.05) is 30.1 Å². The average molecular weight is 289 g/mol. The van der Waals surface area contributed by atoms with Crippen LogP contribution in [0.25, 0.3) is 0 Å². The fourth-order valence-electron chi connectivity index (χ4n) is 2.75. The van der Waals surface area contributed by atoms with Crippen LogP contribution in [0.4, 0.5) is 4.39 Å². The number of rotatable bonds is 4. The van der Waals surface area contributed by atoms with E-state index in [-0.39, 0.29) is 11.9 Å². The largest absolute Gasteiger partial charge is 0.493 e. The fourth-order valence-corrected chi connectivity index (χ4v) is 2.75. The zero-order valence-corrected chi connectivity index (χ0v) is 12.2. The number of hydrogen-bond acceptors (Lipinski definition) is 3. The molecule has 3 rings (SSSR count). The van der Waals surface area contributed by atoms with E-state index in [2.05, 4.69) is 10.3 Å². The van der Waals surface area contributed by atoms with Crippen LogP contribution in [0.5, 0.6) is 5.75 Å². The predicted molar refractivity (Wildman–Crippen MR) is 78.8 cm³/mol. The van der Waals surface area contributed by atoms with Crippen LogP contribution in [0.2, 0.25) is 0 Å². The number of nitrogens with one attached hydrogen (secondary N) is 1. The van der Waals surface area contributed by atoms with Gasteiger partial charge in [0, 0.05) is 50.1 Å². The molecule has 0 spiro atoms. The van der Waals surface area contributed by atoms with E-state index < -0.39 is 0 Å². The number of nitrogens with zero attached hydrogens (tertiary/aromatic N) is 2. The molecule has 2 heterocycles. The van der Waals surface area contributed by atoms with Crippen molar-refractivity contribution in [1.82, 2.24) is 14.9 Å². The molecule has 1 aromatic carbocycles. The molecule has 21 heavy (non-hydrogen) atoms. The second-order valence-electron chi connectivity index (χ2n) is 5.38. The summed E-state index contributed by atoms with van der Waals surface area (Å²) in [6.45, 7) is 1.49. The van der Waals surface area contributed by atoms with Crippen LogP contribution in [-0.2, 0) is 13.5 Å². The molecule has 0 saturated heterocycles. The molecule has 1 aliphatic heterocycles. The number of imidazole rings is 1. The molecule has 0 saturated carbocycles. The molecule has 1 aliphatic rings. The van der Waals surface area contributed by atoms with Crippen LogP contribution >= 0.6 is 0 Å². The molecular formula is C16H20FN3O. The molecule has 0 radical (unpaired) electrons. The molecule has 0 unspecified atom stereocenters. The fraction of sp³-hybridized carbons (Fsp3) is 0.438. The van der Waals surface area contributed by atoms with Gasteiger partial charge in [0.05, 0.1) is 6.61 Å². The third kappa shape index (κ3) is 3.24. The smallest absolute Gasteiger partial charge is 0.126 e. The maximum Gasteiger partial charge on any atom is 0.126 e. The Balaban J connectivity index is 1.67. The lowest BCUT2D eigenvalue weighted by atomic mass is 10.0. The highest BCUT2D eigenvalue weighted by Gasteiger charge is 2.19. The van der Waals surface area contributed by atoms with Gasteiger partial charge in [0.25, 0.3) is 0 Å². The highest BCUT2D eigenvalue weighted by Crippen LogP contribution is 2.31. The standard InChI is InChI=1S/C16H20FN3O/c1-20-9-8-19-16(20)6-7-18-14-3-2-10-21-15-11-12(17)4-5-13(14)15/h4-5,8-9,11,14,18H,2-3,6-7,10H2,1H3/t14-/m0/s1. The van der Waals surface area contributed by atoms with Crippen LogP contribution in [0.15, 0.2) is 30.6 Å². The van der Waals surface area contributed by atoms with E-state index in [0.717, 1.165) is 37.2 Å². The van der Waals surface area contributed by atoms with Gasteiger partial charge in [-0.15, -0.1) is 0 Å². The first-order valence-corrected chi connectivity index (χ1v) is 7.36. The number of benzene rings is 1. The SMILES string of the molecule is Cn1ccnc1CCN[C@H]1CCCOc2cc(F)ccc21. The van der Waals surface area contributed by atoms with E-state index in [1.54, 1.807) is 0 Å². The topological polar surface area (TPSA) is 39.1 Å². The first-order valence-electron chi connectivity index (χ1n) is 7.36. The molecule has 2 aromatic rings. The number of ether oxygens (including phenoxy) is 1. The van der Waals surface area contributed by atoms with Crippen molar-refractivity contribution in [2.75, 3.05) is 13.2 Å². The van der Waals surface area contributed by atoms with Gasteiger partial charge in [0.2, 0.25) is 0 Å². The molecule has 1 N–H and O–H groups in total. The van der Waals surface area contributed by atoms with E-state index in [1.165, 1.54) is 12.1 Å². The number of aromatic nitrogens is 2. The normalized spacial score (nSPS) is 17.9. The average Bonchev–Trinajstić information content (AvgIpc) is 2.77. The number of fused-ring (bicyclic) bond motifs is 1. The lowest BCUT2D eigenvalue weighted by molar-refractivity contribution is 0.314. The summed E-state index contributed by atoms with van der Waals surface area (Å²) in [5.74, 6) is 1.48. The van der Waals surface area contributed by atoms with E-state index in [0.29, 0.717) is 12.4 Å². The molecule has 1 atom stereocenters. The Labute approximate surface area is 124 Å². The minimum absolute atomic E-state index is 0.211. The van der Waals surface area contributed by atoms with Gasteiger partial charge in [-0.3, -0.25) is 0 Å². The molecule has 5 heteroatoms. The Bertz CT molecular complexity index is 611. The van der Waals surface area contributed by atoms with Crippen molar-refractivity contribution in [1.29, 1.82) is 0 Å². The van der Waals surface area contributed by atoms with Crippen molar-refractivity contribution in [3.8, 4) is 5.75 Å². The molecule has 1 aromatic heterocycles. The molecular weight excluding hydrogens is 269 g/mol. The Hall–Kier alpha value is -1.88. The quantitative estimate of drug-likeness (QED) is 0.940. The van der Waals surface area contributed by atoms with Gasteiger partial charge in [-0.25, -0.2) is 9.37 Å². The number of hydrogen-bond donors (Lipinski definition) is 1. The van der Waals surface area contributed by atoms with Gasteiger partial charge in [-0.2, -0.15) is 0 Å².